The highest BCUT2D eigenvalue weighted by Gasteiger charge is 2.04. The molecule has 0 aliphatic carbocycles. The highest BCUT2D eigenvalue weighted by molar-refractivity contribution is 6.31. The first-order chi connectivity index (χ1) is 8.04. The van der Waals surface area contributed by atoms with Crippen molar-refractivity contribution in [3.05, 3.63) is 46.0 Å². The molecule has 0 aliphatic heterocycles. The Morgan fingerprint density at radius 3 is 2.76 bits per heavy atom. The lowest BCUT2D eigenvalue weighted by Gasteiger charge is -2.07. The Morgan fingerprint density at radius 2 is 2.24 bits per heavy atom. The maximum atomic E-state index is 8.53. The molecule has 17 heavy (non-hydrogen) atoms. The van der Waals surface area contributed by atoms with Gasteiger partial charge in [0.25, 0.3) is 0 Å². The molecule has 6 heteroatoms. The van der Waals surface area contributed by atoms with Crippen LogP contribution in [0.2, 0.25) is 5.02 Å². The number of nitrogens with one attached hydrogen (secondary N) is 1. The number of oxime groups is 1. The fraction of sp³-hybridized carbons (Fsp3) is 0.182. The Labute approximate surface area is 110 Å². The van der Waals surface area contributed by atoms with Gasteiger partial charge in [-0.05, 0) is 11.6 Å². The predicted octanol–water partition coefficient (Wildman–Crippen LogP) is 2.28. The Bertz CT molecular complexity index is 446. The molecular formula is C11H13Cl2N3O. The summed E-state index contributed by atoms with van der Waals surface area (Å²) in [6.07, 6.45) is 0. The molecule has 1 rings (SSSR count). The van der Waals surface area contributed by atoms with Gasteiger partial charge >= 0.3 is 0 Å². The molecule has 0 amide bonds. The molecular weight excluding hydrogens is 261 g/mol. The van der Waals surface area contributed by atoms with Gasteiger partial charge in [-0.1, -0.05) is 47.1 Å². The van der Waals surface area contributed by atoms with Gasteiger partial charge < -0.3 is 16.3 Å². The molecule has 0 fully saturated rings. The van der Waals surface area contributed by atoms with Crippen molar-refractivity contribution < 1.29 is 5.21 Å². The summed E-state index contributed by atoms with van der Waals surface area (Å²) in [4.78, 5) is 0. The SMILES string of the molecule is C=C(Cl)CNCc1ccc(/C(N)=N\O)cc1Cl. The van der Waals surface area contributed by atoms with Gasteiger partial charge in [-0.15, -0.1) is 0 Å². The summed E-state index contributed by atoms with van der Waals surface area (Å²) in [5.41, 5.74) is 6.92. The fourth-order valence-electron chi connectivity index (χ4n) is 1.24. The number of halogens is 2. The third kappa shape index (κ3) is 4.26. The monoisotopic (exact) mass is 273 g/mol. The van der Waals surface area contributed by atoms with E-state index in [0.29, 0.717) is 28.7 Å². The molecule has 0 aromatic heterocycles. The Kier molecular flexibility index (Phi) is 5.28. The quantitative estimate of drug-likeness (QED) is 0.334. The van der Waals surface area contributed by atoms with Crippen molar-refractivity contribution in [1.82, 2.24) is 5.32 Å². The molecule has 1 aromatic rings. The van der Waals surface area contributed by atoms with Gasteiger partial charge in [-0.25, -0.2) is 0 Å². The van der Waals surface area contributed by atoms with Gasteiger partial charge in [-0.3, -0.25) is 0 Å². The minimum Gasteiger partial charge on any atom is -0.409 e. The lowest BCUT2D eigenvalue weighted by atomic mass is 10.1. The fourth-order valence-corrected chi connectivity index (χ4v) is 1.58. The van der Waals surface area contributed by atoms with Crippen molar-refractivity contribution in [1.29, 1.82) is 0 Å². The molecule has 0 spiro atoms. The first-order valence-electron chi connectivity index (χ1n) is 4.85. The topological polar surface area (TPSA) is 70.6 Å². The van der Waals surface area contributed by atoms with Crippen molar-refractivity contribution in [2.45, 2.75) is 6.54 Å². The van der Waals surface area contributed by atoms with E-state index in [9.17, 15) is 0 Å². The van der Waals surface area contributed by atoms with Gasteiger partial charge in [0, 0.05) is 28.7 Å². The van der Waals surface area contributed by atoms with E-state index in [1.54, 1.807) is 18.2 Å². The third-order valence-electron chi connectivity index (χ3n) is 2.09. The van der Waals surface area contributed by atoms with E-state index in [0.717, 1.165) is 5.56 Å². The summed E-state index contributed by atoms with van der Waals surface area (Å²) in [5, 5.41) is 15.6. The van der Waals surface area contributed by atoms with E-state index >= 15 is 0 Å². The summed E-state index contributed by atoms with van der Waals surface area (Å²) < 4.78 is 0. The van der Waals surface area contributed by atoms with Crippen LogP contribution in [0.25, 0.3) is 0 Å². The second-order valence-electron chi connectivity index (χ2n) is 3.41. The maximum Gasteiger partial charge on any atom is 0.170 e. The van der Waals surface area contributed by atoms with Crippen LogP contribution in [-0.4, -0.2) is 17.6 Å². The molecule has 4 nitrogen and oxygen atoms in total. The van der Waals surface area contributed by atoms with Crippen LogP contribution < -0.4 is 11.1 Å². The normalized spacial score (nSPS) is 11.5. The van der Waals surface area contributed by atoms with Crippen molar-refractivity contribution in [3.8, 4) is 0 Å². The zero-order valence-electron chi connectivity index (χ0n) is 9.08. The molecule has 0 atom stereocenters. The summed E-state index contributed by atoms with van der Waals surface area (Å²) >= 11 is 11.7. The first-order valence-corrected chi connectivity index (χ1v) is 5.60. The lowest BCUT2D eigenvalue weighted by Crippen LogP contribution is -2.16. The van der Waals surface area contributed by atoms with E-state index in [-0.39, 0.29) is 5.84 Å². The smallest absolute Gasteiger partial charge is 0.170 e. The third-order valence-corrected chi connectivity index (χ3v) is 2.57. The van der Waals surface area contributed by atoms with Gasteiger partial charge in [0.05, 0.1) is 0 Å². The maximum absolute atomic E-state index is 8.53. The van der Waals surface area contributed by atoms with Crippen LogP contribution in [0, 0.1) is 0 Å². The number of hydrogen-bond acceptors (Lipinski definition) is 3. The second kappa shape index (κ2) is 6.49. The summed E-state index contributed by atoms with van der Waals surface area (Å²) in [6.45, 7) is 4.65. The number of nitrogens with zero attached hydrogens (tertiary/aromatic N) is 1. The van der Waals surface area contributed by atoms with Crippen molar-refractivity contribution >= 4 is 29.0 Å². The van der Waals surface area contributed by atoms with Gasteiger partial charge in [0.2, 0.25) is 0 Å². The Morgan fingerprint density at radius 1 is 1.53 bits per heavy atom. The molecule has 0 bridgehead atoms. The summed E-state index contributed by atoms with van der Waals surface area (Å²) in [5.74, 6) is 0.0283. The van der Waals surface area contributed by atoms with Gasteiger partial charge in [0.15, 0.2) is 5.84 Å². The van der Waals surface area contributed by atoms with Gasteiger partial charge in [0.1, 0.15) is 0 Å². The number of rotatable bonds is 5. The molecule has 1 aromatic carbocycles. The van der Waals surface area contributed by atoms with Gasteiger partial charge in [-0.2, -0.15) is 0 Å². The average molecular weight is 274 g/mol. The van der Waals surface area contributed by atoms with E-state index < -0.39 is 0 Å². The van der Waals surface area contributed by atoms with E-state index in [4.69, 9.17) is 34.1 Å². The van der Waals surface area contributed by atoms with Crippen LogP contribution in [0.15, 0.2) is 35.0 Å². The van der Waals surface area contributed by atoms with E-state index in [1.807, 2.05) is 0 Å². The van der Waals surface area contributed by atoms with E-state index in [1.165, 1.54) is 0 Å². The molecule has 0 saturated heterocycles. The van der Waals surface area contributed by atoms with Crippen LogP contribution in [0.3, 0.4) is 0 Å². The molecule has 4 N–H and O–H groups in total. The number of hydrogen-bond donors (Lipinski definition) is 3. The number of nitrogens with two attached hydrogens (primary N) is 1. The molecule has 92 valence electrons. The zero-order valence-corrected chi connectivity index (χ0v) is 10.6. The zero-order chi connectivity index (χ0) is 12.8. The minimum atomic E-state index is 0.0283. The van der Waals surface area contributed by atoms with Crippen molar-refractivity contribution in [2.75, 3.05) is 6.54 Å². The Hall–Kier alpha value is -1.23. The highest BCUT2D eigenvalue weighted by Crippen LogP contribution is 2.17. The molecule has 0 unspecified atom stereocenters. The average Bonchev–Trinajstić information content (AvgIpc) is 2.29. The lowest BCUT2D eigenvalue weighted by molar-refractivity contribution is 0.318. The minimum absolute atomic E-state index is 0.0283. The molecule has 0 aliphatic rings. The van der Waals surface area contributed by atoms with Crippen LogP contribution in [0.4, 0.5) is 0 Å². The van der Waals surface area contributed by atoms with Crippen molar-refractivity contribution in [2.24, 2.45) is 10.9 Å². The molecule has 0 saturated carbocycles. The highest BCUT2D eigenvalue weighted by atomic mass is 35.5. The second-order valence-corrected chi connectivity index (χ2v) is 4.35. The molecule has 0 radical (unpaired) electrons. The van der Waals surface area contributed by atoms with Crippen LogP contribution >= 0.6 is 23.2 Å². The molecule has 0 heterocycles. The first kappa shape index (κ1) is 13.8. The van der Waals surface area contributed by atoms with Crippen LogP contribution in [0.1, 0.15) is 11.1 Å². The van der Waals surface area contributed by atoms with E-state index in [2.05, 4.69) is 17.1 Å². The van der Waals surface area contributed by atoms with Crippen molar-refractivity contribution in [3.63, 3.8) is 0 Å². The predicted molar refractivity (Wildman–Crippen MR) is 70.7 cm³/mol. The van der Waals surface area contributed by atoms with Crippen LogP contribution in [0.5, 0.6) is 0 Å². The standard InChI is InChI=1S/C11H13Cl2N3O/c1-7(12)5-15-6-9-3-2-8(4-10(9)13)11(14)16-17/h2-4,15,17H,1,5-6H2,(H2,14,16). The number of amidine groups is 1. The summed E-state index contributed by atoms with van der Waals surface area (Å²) in [7, 11) is 0. The number of benzene rings is 1. The van der Waals surface area contributed by atoms with Crippen LogP contribution in [-0.2, 0) is 6.54 Å². The largest absolute Gasteiger partial charge is 0.409 e. The Balaban J connectivity index is 2.73. The summed E-state index contributed by atoms with van der Waals surface area (Å²) in [6, 6.07) is 5.18.